The van der Waals surface area contributed by atoms with Crippen LogP contribution in [-0.4, -0.2) is 68.1 Å². The van der Waals surface area contributed by atoms with E-state index in [1.807, 2.05) is 84.9 Å². The molecular formula is C31H37N3O4. The zero-order chi connectivity index (χ0) is 26.6. The minimum absolute atomic E-state index is 0.0677. The zero-order valence-electron chi connectivity index (χ0n) is 22.1. The van der Waals surface area contributed by atoms with Crippen molar-refractivity contribution in [1.29, 1.82) is 0 Å². The Balaban J connectivity index is 1.55. The van der Waals surface area contributed by atoms with E-state index >= 15 is 0 Å². The molecule has 1 heterocycles. The van der Waals surface area contributed by atoms with Gasteiger partial charge in [-0.2, -0.15) is 0 Å². The molecule has 3 aromatic rings. The van der Waals surface area contributed by atoms with Gasteiger partial charge in [-0.15, -0.1) is 0 Å². The number of morpholine rings is 1. The molecule has 0 unspecified atom stereocenters. The van der Waals surface area contributed by atoms with E-state index in [0.29, 0.717) is 39.1 Å². The Morgan fingerprint density at radius 1 is 0.921 bits per heavy atom. The van der Waals surface area contributed by atoms with Crippen molar-refractivity contribution in [1.82, 2.24) is 15.1 Å². The maximum absolute atomic E-state index is 13.8. The van der Waals surface area contributed by atoms with E-state index in [1.165, 1.54) is 0 Å². The van der Waals surface area contributed by atoms with Crippen LogP contribution in [0.4, 0.5) is 0 Å². The average Bonchev–Trinajstić information content (AvgIpc) is 2.97. The van der Waals surface area contributed by atoms with Gasteiger partial charge in [-0.1, -0.05) is 72.8 Å². The van der Waals surface area contributed by atoms with Crippen LogP contribution in [0.3, 0.4) is 0 Å². The minimum Gasteiger partial charge on any atom is -0.497 e. The van der Waals surface area contributed by atoms with Gasteiger partial charge in [0.15, 0.2) is 0 Å². The Morgan fingerprint density at radius 3 is 2.24 bits per heavy atom. The Kier molecular flexibility index (Phi) is 10.3. The molecule has 0 aliphatic carbocycles. The van der Waals surface area contributed by atoms with Gasteiger partial charge < -0.3 is 19.7 Å². The quantitative estimate of drug-likeness (QED) is 0.397. The van der Waals surface area contributed by atoms with Crippen LogP contribution in [0.2, 0.25) is 0 Å². The predicted octanol–water partition coefficient (Wildman–Crippen LogP) is 3.85. The largest absolute Gasteiger partial charge is 0.497 e. The van der Waals surface area contributed by atoms with Crippen molar-refractivity contribution in [2.45, 2.75) is 25.4 Å². The highest BCUT2D eigenvalue weighted by Gasteiger charge is 2.31. The molecule has 1 atom stereocenters. The molecule has 7 nitrogen and oxygen atoms in total. The molecule has 200 valence electrons. The van der Waals surface area contributed by atoms with Gasteiger partial charge in [0.2, 0.25) is 11.8 Å². The summed E-state index contributed by atoms with van der Waals surface area (Å²) in [4.78, 5) is 31.5. The number of nitrogens with one attached hydrogen (secondary N) is 1. The Hall–Kier alpha value is -3.68. The fraction of sp³-hybridized carbons (Fsp3) is 0.355. The Bertz CT molecular complexity index is 1130. The maximum atomic E-state index is 13.8. The molecule has 1 aliphatic rings. The van der Waals surface area contributed by atoms with Crippen molar-refractivity contribution < 1.29 is 19.1 Å². The van der Waals surface area contributed by atoms with Crippen LogP contribution < -0.4 is 10.1 Å². The summed E-state index contributed by atoms with van der Waals surface area (Å²) in [5.74, 6) is 0.504. The molecular weight excluding hydrogens is 478 g/mol. The third-order valence-corrected chi connectivity index (χ3v) is 6.81. The van der Waals surface area contributed by atoms with Crippen LogP contribution in [0.5, 0.6) is 5.75 Å². The molecule has 1 aliphatic heterocycles. The van der Waals surface area contributed by atoms with E-state index in [1.54, 1.807) is 12.0 Å². The number of methoxy groups -OCH3 is 1. The number of nitrogens with zero attached hydrogens (tertiary/aromatic N) is 2. The first kappa shape index (κ1) is 27.4. The average molecular weight is 516 g/mol. The maximum Gasteiger partial charge on any atom is 0.247 e. The number of amides is 2. The monoisotopic (exact) mass is 515 g/mol. The fourth-order valence-corrected chi connectivity index (χ4v) is 4.66. The third kappa shape index (κ3) is 7.91. The summed E-state index contributed by atoms with van der Waals surface area (Å²) in [5.41, 5.74) is 2.82. The summed E-state index contributed by atoms with van der Waals surface area (Å²) in [7, 11) is 1.63. The second kappa shape index (κ2) is 14.3. The number of hydrogen-bond donors (Lipinski definition) is 1. The fourth-order valence-electron chi connectivity index (χ4n) is 4.66. The van der Waals surface area contributed by atoms with Gasteiger partial charge in [-0.3, -0.25) is 14.5 Å². The van der Waals surface area contributed by atoms with Gasteiger partial charge in [0.25, 0.3) is 0 Å². The lowest BCUT2D eigenvalue weighted by atomic mass is 10.0. The van der Waals surface area contributed by atoms with Gasteiger partial charge in [0, 0.05) is 39.1 Å². The van der Waals surface area contributed by atoms with Gasteiger partial charge in [-0.25, -0.2) is 0 Å². The normalized spacial score (nSPS) is 14.4. The summed E-state index contributed by atoms with van der Waals surface area (Å²) in [5, 5.41) is 3.11. The second-order valence-electron chi connectivity index (χ2n) is 9.41. The summed E-state index contributed by atoms with van der Waals surface area (Å²) < 4.78 is 10.7. The highest BCUT2D eigenvalue weighted by Crippen LogP contribution is 2.26. The van der Waals surface area contributed by atoms with E-state index in [0.717, 1.165) is 42.1 Å². The molecule has 2 amide bonds. The van der Waals surface area contributed by atoms with Crippen LogP contribution in [0.1, 0.15) is 29.2 Å². The molecule has 0 radical (unpaired) electrons. The Morgan fingerprint density at radius 2 is 1.58 bits per heavy atom. The molecule has 1 N–H and O–H groups in total. The van der Waals surface area contributed by atoms with Crippen molar-refractivity contribution in [3.05, 3.63) is 102 Å². The molecule has 0 aromatic heterocycles. The zero-order valence-corrected chi connectivity index (χ0v) is 22.1. The van der Waals surface area contributed by atoms with E-state index < -0.39 is 6.04 Å². The van der Waals surface area contributed by atoms with Crippen molar-refractivity contribution in [2.24, 2.45) is 0 Å². The molecule has 3 aromatic carbocycles. The van der Waals surface area contributed by atoms with Crippen molar-refractivity contribution >= 4 is 11.8 Å². The number of aryl methyl sites for hydroxylation is 1. The molecule has 0 spiro atoms. The molecule has 0 saturated carbocycles. The van der Waals surface area contributed by atoms with Gasteiger partial charge in [0.1, 0.15) is 11.8 Å². The lowest BCUT2D eigenvalue weighted by Crippen LogP contribution is -2.46. The van der Waals surface area contributed by atoms with Crippen LogP contribution in [-0.2, 0) is 27.3 Å². The molecule has 4 rings (SSSR count). The highest BCUT2D eigenvalue weighted by atomic mass is 16.5. The van der Waals surface area contributed by atoms with Crippen LogP contribution in [0.15, 0.2) is 84.9 Å². The van der Waals surface area contributed by atoms with E-state index in [4.69, 9.17) is 9.47 Å². The topological polar surface area (TPSA) is 71.1 Å². The van der Waals surface area contributed by atoms with Gasteiger partial charge in [-0.05, 0) is 35.2 Å². The van der Waals surface area contributed by atoms with Crippen molar-refractivity contribution in [2.75, 3.05) is 46.5 Å². The van der Waals surface area contributed by atoms with E-state index in [2.05, 4.69) is 10.2 Å². The number of hydrogen-bond acceptors (Lipinski definition) is 5. The van der Waals surface area contributed by atoms with Crippen molar-refractivity contribution in [3.63, 3.8) is 0 Å². The van der Waals surface area contributed by atoms with Crippen LogP contribution in [0.25, 0.3) is 0 Å². The summed E-state index contributed by atoms with van der Waals surface area (Å²) in [6.07, 6.45) is 0.920. The summed E-state index contributed by atoms with van der Waals surface area (Å²) in [6.45, 7) is 4.72. The number of carbonyl (C=O) groups excluding carboxylic acids is 2. The molecule has 0 bridgehead atoms. The standard InChI is InChI=1S/C31H37N3O4/c1-37-28-15-12-26(13-16-28)24-34(29(35)17-14-25-8-4-2-5-9-25)30(27-10-6-3-7-11-27)31(36)32-18-19-33-20-22-38-23-21-33/h2-13,15-16,30H,14,17-24H2,1H3,(H,32,36)/t30-/m0/s1. The molecule has 7 heteroatoms. The summed E-state index contributed by atoms with van der Waals surface area (Å²) in [6, 6.07) is 26.4. The van der Waals surface area contributed by atoms with Gasteiger partial charge in [0.05, 0.1) is 20.3 Å². The highest BCUT2D eigenvalue weighted by molar-refractivity contribution is 5.88. The predicted molar refractivity (Wildman–Crippen MR) is 148 cm³/mol. The van der Waals surface area contributed by atoms with Crippen LogP contribution in [0, 0.1) is 0 Å². The molecule has 38 heavy (non-hydrogen) atoms. The van der Waals surface area contributed by atoms with Crippen molar-refractivity contribution in [3.8, 4) is 5.75 Å². The third-order valence-electron chi connectivity index (χ3n) is 6.81. The number of carbonyl (C=O) groups is 2. The lowest BCUT2D eigenvalue weighted by Gasteiger charge is -2.32. The van der Waals surface area contributed by atoms with E-state index in [9.17, 15) is 9.59 Å². The molecule has 1 saturated heterocycles. The first-order chi connectivity index (χ1) is 18.6. The minimum atomic E-state index is -0.744. The van der Waals surface area contributed by atoms with Crippen LogP contribution >= 0.6 is 0 Å². The number of ether oxygens (including phenoxy) is 2. The lowest BCUT2D eigenvalue weighted by molar-refractivity contribution is -0.141. The van der Waals surface area contributed by atoms with Gasteiger partial charge >= 0.3 is 0 Å². The molecule has 1 fully saturated rings. The first-order valence-corrected chi connectivity index (χ1v) is 13.2. The SMILES string of the molecule is COc1ccc(CN(C(=O)CCc2ccccc2)[C@H](C(=O)NCCN2CCOCC2)c2ccccc2)cc1. The number of rotatable bonds is 12. The summed E-state index contributed by atoms with van der Waals surface area (Å²) >= 11 is 0. The Labute approximate surface area is 225 Å². The van der Waals surface area contributed by atoms with E-state index in [-0.39, 0.29) is 11.8 Å². The number of benzene rings is 3. The smallest absolute Gasteiger partial charge is 0.247 e. The second-order valence-corrected chi connectivity index (χ2v) is 9.41. The first-order valence-electron chi connectivity index (χ1n) is 13.2.